The van der Waals surface area contributed by atoms with Crippen LogP contribution in [0, 0.1) is 17.8 Å². The van der Waals surface area contributed by atoms with Crippen molar-refractivity contribution in [2.24, 2.45) is 17.8 Å². The zero-order chi connectivity index (χ0) is 8.43. The van der Waals surface area contributed by atoms with Gasteiger partial charge in [-0.05, 0) is 31.6 Å². The Morgan fingerprint density at radius 1 is 1.27 bits per heavy atom. The van der Waals surface area contributed by atoms with Gasteiger partial charge in [-0.15, -0.1) is 0 Å². The maximum atomic E-state index is 11.2. The summed E-state index contributed by atoms with van der Waals surface area (Å²) in [5, 5.41) is 0. The maximum absolute atomic E-state index is 11.2. The minimum Gasteiger partial charge on any atom is -0.300 e. The van der Waals surface area contributed by atoms with Crippen molar-refractivity contribution < 1.29 is 4.79 Å². The van der Waals surface area contributed by atoms with E-state index in [1.165, 1.54) is 12.8 Å². The van der Waals surface area contributed by atoms with E-state index in [1.807, 2.05) is 0 Å². The molecule has 3 unspecified atom stereocenters. The topological polar surface area (TPSA) is 17.1 Å². The van der Waals surface area contributed by atoms with Crippen LogP contribution in [-0.4, -0.2) is 5.78 Å². The number of Topliss-reactive ketones (excluding diaryl/α,β-unsaturated/α-hetero) is 1. The fourth-order valence-corrected chi connectivity index (χ4v) is 2.10. The molecule has 1 heteroatoms. The SMILES string of the molecule is CC(=O)C1CC(C)CCC1C. The molecule has 64 valence electrons. The Labute approximate surface area is 69.2 Å². The van der Waals surface area contributed by atoms with Crippen molar-refractivity contribution in [3.63, 3.8) is 0 Å². The normalized spacial score (nSPS) is 38.6. The van der Waals surface area contributed by atoms with Crippen LogP contribution in [0.2, 0.25) is 0 Å². The summed E-state index contributed by atoms with van der Waals surface area (Å²) in [5.74, 6) is 2.14. The van der Waals surface area contributed by atoms with Gasteiger partial charge in [0.25, 0.3) is 0 Å². The van der Waals surface area contributed by atoms with Gasteiger partial charge < -0.3 is 0 Å². The van der Waals surface area contributed by atoms with Crippen molar-refractivity contribution in [1.82, 2.24) is 0 Å². The van der Waals surface area contributed by atoms with E-state index < -0.39 is 0 Å². The molecular formula is C10H18O. The quantitative estimate of drug-likeness (QED) is 0.567. The van der Waals surface area contributed by atoms with Gasteiger partial charge in [-0.2, -0.15) is 0 Å². The summed E-state index contributed by atoms with van der Waals surface area (Å²) >= 11 is 0. The van der Waals surface area contributed by atoms with Gasteiger partial charge in [0.15, 0.2) is 0 Å². The largest absolute Gasteiger partial charge is 0.300 e. The summed E-state index contributed by atoms with van der Waals surface area (Å²) in [6, 6.07) is 0. The first kappa shape index (κ1) is 8.76. The van der Waals surface area contributed by atoms with Crippen molar-refractivity contribution in [3.8, 4) is 0 Å². The van der Waals surface area contributed by atoms with Gasteiger partial charge in [-0.3, -0.25) is 4.79 Å². The van der Waals surface area contributed by atoms with E-state index in [0.717, 1.165) is 12.3 Å². The highest BCUT2D eigenvalue weighted by Gasteiger charge is 2.28. The second kappa shape index (κ2) is 3.38. The Hall–Kier alpha value is -0.330. The number of rotatable bonds is 1. The van der Waals surface area contributed by atoms with Crippen molar-refractivity contribution in [3.05, 3.63) is 0 Å². The molecular weight excluding hydrogens is 136 g/mol. The van der Waals surface area contributed by atoms with Gasteiger partial charge in [0.05, 0.1) is 0 Å². The second-order valence-corrected chi connectivity index (χ2v) is 4.11. The Balaban J connectivity index is 2.54. The van der Waals surface area contributed by atoms with E-state index in [9.17, 15) is 4.79 Å². The van der Waals surface area contributed by atoms with Crippen molar-refractivity contribution in [2.75, 3.05) is 0 Å². The van der Waals surface area contributed by atoms with Gasteiger partial charge in [0.2, 0.25) is 0 Å². The molecule has 0 bridgehead atoms. The molecule has 0 aromatic heterocycles. The number of ketones is 1. The molecule has 0 N–H and O–H groups in total. The minimum atomic E-state index is 0.360. The van der Waals surface area contributed by atoms with Crippen LogP contribution in [0.1, 0.15) is 40.0 Å². The number of carbonyl (C=O) groups is 1. The smallest absolute Gasteiger partial charge is 0.133 e. The van der Waals surface area contributed by atoms with E-state index in [-0.39, 0.29) is 0 Å². The first-order chi connectivity index (χ1) is 5.11. The lowest BCUT2D eigenvalue weighted by molar-refractivity contribution is -0.123. The zero-order valence-electron chi connectivity index (χ0n) is 7.76. The molecule has 0 aromatic rings. The third-order valence-electron chi connectivity index (χ3n) is 2.98. The average Bonchev–Trinajstić information content (AvgIpc) is 1.94. The monoisotopic (exact) mass is 154 g/mol. The van der Waals surface area contributed by atoms with Crippen LogP contribution in [0.4, 0.5) is 0 Å². The Bertz CT molecular complexity index is 151. The fraction of sp³-hybridized carbons (Fsp3) is 0.900. The Morgan fingerprint density at radius 3 is 2.36 bits per heavy atom. The summed E-state index contributed by atoms with van der Waals surface area (Å²) in [6.07, 6.45) is 3.67. The molecule has 11 heavy (non-hydrogen) atoms. The molecule has 1 aliphatic rings. The van der Waals surface area contributed by atoms with Crippen LogP contribution in [0.3, 0.4) is 0 Å². The maximum Gasteiger partial charge on any atom is 0.133 e. The molecule has 0 spiro atoms. The van der Waals surface area contributed by atoms with Crippen molar-refractivity contribution in [1.29, 1.82) is 0 Å². The summed E-state index contributed by atoms with van der Waals surface area (Å²) in [7, 11) is 0. The first-order valence-electron chi connectivity index (χ1n) is 4.61. The molecule has 0 radical (unpaired) electrons. The number of hydrogen-bond donors (Lipinski definition) is 0. The van der Waals surface area contributed by atoms with Crippen molar-refractivity contribution in [2.45, 2.75) is 40.0 Å². The predicted molar refractivity (Wildman–Crippen MR) is 46.4 cm³/mol. The highest BCUT2D eigenvalue weighted by molar-refractivity contribution is 5.78. The minimum absolute atomic E-state index is 0.360. The summed E-state index contributed by atoms with van der Waals surface area (Å²) in [5.41, 5.74) is 0. The lowest BCUT2D eigenvalue weighted by Crippen LogP contribution is -2.26. The van der Waals surface area contributed by atoms with Crippen LogP contribution in [0.15, 0.2) is 0 Å². The molecule has 1 rings (SSSR count). The van der Waals surface area contributed by atoms with E-state index in [2.05, 4.69) is 13.8 Å². The van der Waals surface area contributed by atoms with E-state index >= 15 is 0 Å². The molecule has 3 atom stereocenters. The summed E-state index contributed by atoms with van der Waals surface area (Å²) in [6.45, 7) is 6.19. The van der Waals surface area contributed by atoms with Gasteiger partial charge in [-0.1, -0.05) is 20.3 Å². The summed E-state index contributed by atoms with van der Waals surface area (Å²) < 4.78 is 0. The van der Waals surface area contributed by atoms with Crippen LogP contribution in [0.5, 0.6) is 0 Å². The van der Waals surface area contributed by atoms with E-state index in [1.54, 1.807) is 6.92 Å². The van der Waals surface area contributed by atoms with Gasteiger partial charge >= 0.3 is 0 Å². The fourth-order valence-electron chi connectivity index (χ4n) is 2.10. The molecule has 1 aliphatic carbocycles. The van der Waals surface area contributed by atoms with Gasteiger partial charge in [0, 0.05) is 5.92 Å². The average molecular weight is 154 g/mol. The van der Waals surface area contributed by atoms with E-state index in [4.69, 9.17) is 0 Å². The van der Waals surface area contributed by atoms with E-state index in [0.29, 0.717) is 17.6 Å². The standard InChI is InChI=1S/C10H18O/c1-7-4-5-8(2)10(6-7)9(3)11/h7-8,10H,4-6H2,1-3H3. The molecule has 0 aliphatic heterocycles. The molecule has 1 fully saturated rings. The number of carbonyl (C=O) groups excluding carboxylic acids is 1. The van der Waals surface area contributed by atoms with Crippen LogP contribution in [-0.2, 0) is 4.79 Å². The summed E-state index contributed by atoms with van der Waals surface area (Å²) in [4.78, 5) is 11.2. The Kier molecular flexibility index (Phi) is 2.69. The van der Waals surface area contributed by atoms with Gasteiger partial charge in [-0.25, -0.2) is 0 Å². The highest BCUT2D eigenvalue weighted by atomic mass is 16.1. The third-order valence-corrected chi connectivity index (χ3v) is 2.98. The molecule has 0 saturated heterocycles. The Morgan fingerprint density at radius 2 is 1.91 bits per heavy atom. The van der Waals surface area contributed by atoms with Crippen LogP contribution < -0.4 is 0 Å². The first-order valence-corrected chi connectivity index (χ1v) is 4.61. The van der Waals surface area contributed by atoms with Gasteiger partial charge in [0.1, 0.15) is 5.78 Å². The van der Waals surface area contributed by atoms with Crippen LogP contribution in [0.25, 0.3) is 0 Å². The number of hydrogen-bond acceptors (Lipinski definition) is 1. The molecule has 0 amide bonds. The zero-order valence-corrected chi connectivity index (χ0v) is 7.76. The lowest BCUT2D eigenvalue weighted by atomic mass is 9.74. The predicted octanol–water partition coefficient (Wildman–Crippen LogP) is 2.65. The highest BCUT2D eigenvalue weighted by Crippen LogP contribution is 2.33. The van der Waals surface area contributed by atoms with Crippen molar-refractivity contribution >= 4 is 5.78 Å². The molecule has 0 aromatic carbocycles. The third kappa shape index (κ3) is 2.05. The second-order valence-electron chi connectivity index (χ2n) is 4.11. The lowest BCUT2D eigenvalue weighted by Gasteiger charge is -2.30. The molecule has 1 saturated carbocycles. The van der Waals surface area contributed by atoms with Crippen LogP contribution >= 0.6 is 0 Å². The molecule has 0 heterocycles. The molecule has 1 nitrogen and oxygen atoms in total.